The van der Waals surface area contributed by atoms with E-state index in [9.17, 15) is 13.9 Å². The smallest absolute Gasteiger partial charge is 0.145 e. The first-order valence-electron chi connectivity index (χ1n) is 6.72. The van der Waals surface area contributed by atoms with Gasteiger partial charge in [-0.05, 0) is 40.5 Å². The van der Waals surface area contributed by atoms with E-state index in [2.05, 4.69) is 15.9 Å². The maximum Gasteiger partial charge on any atom is 0.145 e. The molecule has 0 saturated carbocycles. The minimum atomic E-state index is -0.571. The highest BCUT2D eigenvalue weighted by Gasteiger charge is 2.25. The molecule has 0 amide bonds. The molecule has 0 bridgehead atoms. The average Bonchev–Trinajstić information content (AvgIpc) is 2.50. The zero-order valence-electron chi connectivity index (χ0n) is 11.2. The van der Waals surface area contributed by atoms with Crippen LogP contribution in [0.25, 0.3) is 0 Å². The molecule has 0 fully saturated rings. The first kappa shape index (κ1) is 14.5. The van der Waals surface area contributed by atoms with Crippen LogP contribution >= 0.6 is 15.9 Å². The summed E-state index contributed by atoms with van der Waals surface area (Å²) >= 11 is 3.09. The normalized spacial score (nSPS) is 17.7. The van der Waals surface area contributed by atoms with Crippen LogP contribution in [-0.2, 0) is 6.54 Å². The van der Waals surface area contributed by atoms with Crippen molar-refractivity contribution in [2.45, 2.75) is 19.1 Å². The molecule has 2 aromatic rings. The summed E-state index contributed by atoms with van der Waals surface area (Å²) in [4.78, 5) is 1.90. The third kappa shape index (κ3) is 2.68. The van der Waals surface area contributed by atoms with Crippen molar-refractivity contribution in [3.05, 3.63) is 63.6 Å². The van der Waals surface area contributed by atoms with Crippen LogP contribution in [0.4, 0.5) is 14.5 Å². The second-order valence-electron chi connectivity index (χ2n) is 5.11. The second-order valence-corrected chi connectivity index (χ2v) is 5.96. The number of halogens is 3. The number of rotatable bonds is 2. The molecule has 0 aliphatic carbocycles. The van der Waals surface area contributed by atoms with Crippen LogP contribution in [0.2, 0.25) is 0 Å². The van der Waals surface area contributed by atoms with Gasteiger partial charge in [0.1, 0.15) is 11.6 Å². The molecule has 2 aromatic carbocycles. The van der Waals surface area contributed by atoms with E-state index in [1.165, 1.54) is 12.1 Å². The summed E-state index contributed by atoms with van der Waals surface area (Å²) in [5.74, 6) is -1.13. The third-order valence-corrected chi connectivity index (χ3v) is 4.41. The Morgan fingerprint density at radius 3 is 2.76 bits per heavy atom. The van der Waals surface area contributed by atoms with Gasteiger partial charge in [0.2, 0.25) is 0 Å². The molecule has 0 spiro atoms. The van der Waals surface area contributed by atoms with Crippen LogP contribution in [0.5, 0.6) is 0 Å². The largest absolute Gasteiger partial charge is 0.388 e. The molecule has 5 heteroatoms. The van der Waals surface area contributed by atoms with Gasteiger partial charge in [0.15, 0.2) is 0 Å². The number of hydrogen-bond donors (Lipinski definition) is 1. The number of benzene rings is 2. The summed E-state index contributed by atoms with van der Waals surface area (Å²) in [6, 6.07) is 10.0. The van der Waals surface area contributed by atoms with Crippen molar-refractivity contribution in [3.63, 3.8) is 0 Å². The Hall–Kier alpha value is -1.46. The van der Waals surface area contributed by atoms with Crippen molar-refractivity contribution < 1.29 is 13.9 Å². The van der Waals surface area contributed by atoms with Gasteiger partial charge < -0.3 is 10.0 Å². The van der Waals surface area contributed by atoms with Gasteiger partial charge in [-0.25, -0.2) is 8.78 Å². The summed E-state index contributed by atoms with van der Waals surface area (Å²) in [6.45, 7) is 0.699. The minimum Gasteiger partial charge on any atom is -0.388 e. The summed E-state index contributed by atoms with van der Waals surface area (Å²) in [6.07, 6.45) is 0.0310. The SMILES string of the molecule is OC1CCN(Cc2c(F)ccc(Br)c2F)c2ccccc21. The van der Waals surface area contributed by atoms with Crippen LogP contribution in [0, 0.1) is 11.6 Å². The predicted octanol–water partition coefficient (Wildman–Crippen LogP) is 4.17. The Balaban J connectivity index is 1.97. The number of fused-ring (bicyclic) bond motifs is 1. The lowest BCUT2D eigenvalue weighted by Crippen LogP contribution is -2.31. The molecule has 0 saturated heterocycles. The molecule has 3 rings (SSSR count). The van der Waals surface area contributed by atoms with Gasteiger partial charge in [0, 0.05) is 29.9 Å². The van der Waals surface area contributed by atoms with Crippen molar-refractivity contribution in [1.29, 1.82) is 0 Å². The van der Waals surface area contributed by atoms with Crippen molar-refractivity contribution in [2.75, 3.05) is 11.4 Å². The highest BCUT2D eigenvalue weighted by molar-refractivity contribution is 9.10. The van der Waals surface area contributed by atoms with Gasteiger partial charge in [0.05, 0.1) is 10.6 Å². The number of aliphatic hydroxyl groups excluding tert-OH is 1. The molecular formula is C16H14BrF2NO. The Kier molecular flexibility index (Phi) is 3.95. The van der Waals surface area contributed by atoms with E-state index in [0.717, 1.165) is 11.3 Å². The summed E-state index contributed by atoms with van der Waals surface area (Å²) in [5, 5.41) is 10.0. The first-order chi connectivity index (χ1) is 10.1. The van der Waals surface area contributed by atoms with Crippen LogP contribution in [0.15, 0.2) is 40.9 Å². The fourth-order valence-electron chi connectivity index (χ4n) is 2.68. The molecule has 110 valence electrons. The van der Waals surface area contributed by atoms with Gasteiger partial charge in [-0.3, -0.25) is 0 Å². The highest BCUT2D eigenvalue weighted by atomic mass is 79.9. The number of anilines is 1. The lowest BCUT2D eigenvalue weighted by Gasteiger charge is -2.34. The van der Waals surface area contributed by atoms with Crippen LogP contribution in [0.1, 0.15) is 23.7 Å². The van der Waals surface area contributed by atoms with Gasteiger partial charge >= 0.3 is 0 Å². The van der Waals surface area contributed by atoms with Gasteiger partial charge in [-0.1, -0.05) is 18.2 Å². The Bertz CT molecular complexity index is 677. The van der Waals surface area contributed by atoms with Crippen molar-refractivity contribution in [3.8, 4) is 0 Å². The maximum absolute atomic E-state index is 14.1. The molecule has 0 radical (unpaired) electrons. The molecule has 21 heavy (non-hydrogen) atoms. The van der Waals surface area contributed by atoms with E-state index in [-0.39, 0.29) is 16.6 Å². The average molecular weight is 354 g/mol. The summed E-state index contributed by atoms with van der Waals surface area (Å²) in [7, 11) is 0. The van der Waals surface area contributed by atoms with Gasteiger partial charge in [-0.15, -0.1) is 0 Å². The standard InChI is InChI=1S/C16H14BrF2NO/c17-12-5-6-13(18)11(16(12)19)9-20-8-7-15(21)10-3-1-2-4-14(10)20/h1-6,15,21H,7-9H2. The lowest BCUT2D eigenvalue weighted by atomic mass is 9.98. The van der Waals surface area contributed by atoms with E-state index < -0.39 is 17.7 Å². The zero-order chi connectivity index (χ0) is 15.0. The van der Waals surface area contributed by atoms with Crippen LogP contribution in [-0.4, -0.2) is 11.7 Å². The molecule has 0 aromatic heterocycles. The summed E-state index contributed by atoms with van der Waals surface area (Å²) < 4.78 is 28.3. The Morgan fingerprint density at radius 1 is 1.19 bits per heavy atom. The Labute approximate surface area is 130 Å². The maximum atomic E-state index is 14.1. The monoisotopic (exact) mass is 353 g/mol. The van der Waals surface area contributed by atoms with Gasteiger partial charge in [0.25, 0.3) is 0 Å². The molecule has 1 aliphatic heterocycles. The molecule has 1 unspecified atom stereocenters. The van der Waals surface area contributed by atoms with Gasteiger partial charge in [-0.2, -0.15) is 0 Å². The van der Waals surface area contributed by atoms with E-state index in [4.69, 9.17) is 0 Å². The van der Waals surface area contributed by atoms with E-state index in [1.807, 2.05) is 29.2 Å². The van der Waals surface area contributed by atoms with Crippen molar-refractivity contribution in [2.24, 2.45) is 0 Å². The number of hydrogen-bond acceptors (Lipinski definition) is 2. The molecule has 1 heterocycles. The minimum absolute atomic E-state index is 0.0376. The van der Waals surface area contributed by atoms with E-state index in [0.29, 0.717) is 13.0 Å². The molecular weight excluding hydrogens is 340 g/mol. The Morgan fingerprint density at radius 2 is 1.95 bits per heavy atom. The topological polar surface area (TPSA) is 23.5 Å². The molecule has 2 nitrogen and oxygen atoms in total. The van der Waals surface area contributed by atoms with Crippen LogP contribution in [0.3, 0.4) is 0 Å². The molecule has 1 aliphatic rings. The predicted molar refractivity (Wildman–Crippen MR) is 81.1 cm³/mol. The zero-order valence-corrected chi connectivity index (χ0v) is 12.8. The number of nitrogens with zero attached hydrogens (tertiary/aromatic N) is 1. The van der Waals surface area contributed by atoms with E-state index >= 15 is 0 Å². The fourth-order valence-corrected chi connectivity index (χ4v) is 3.05. The molecule has 1 N–H and O–H groups in total. The van der Waals surface area contributed by atoms with E-state index in [1.54, 1.807) is 0 Å². The highest BCUT2D eigenvalue weighted by Crippen LogP contribution is 2.35. The summed E-state index contributed by atoms with van der Waals surface area (Å²) in [5.41, 5.74) is 1.67. The van der Waals surface area contributed by atoms with Crippen molar-refractivity contribution in [1.82, 2.24) is 0 Å². The fraction of sp³-hybridized carbons (Fsp3) is 0.250. The molecule has 1 atom stereocenters. The lowest BCUT2D eigenvalue weighted by molar-refractivity contribution is 0.164. The van der Waals surface area contributed by atoms with Crippen LogP contribution < -0.4 is 4.90 Å². The third-order valence-electron chi connectivity index (χ3n) is 3.80. The first-order valence-corrected chi connectivity index (χ1v) is 7.51. The second kappa shape index (κ2) is 5.73. The number of aliphatic hydroxyl groups is 1. The van der Waals surface area contributed by atoms with Crippen molar-refractivity contribution >= 4 is 21.6 Å². The quantitative estimate of drug-likeness (QED) is 0.819. The number of para-hydroxylation sites is 1.